The molecule has 0 spiro atoms. The van der Waals surface area contributed by atoms with Crippen molar-refractivity contribution in [1.29, 1.82) is 0 Å². The van der Waals surface area contributed by atoms with Crippen LogP contribution in [-0.2, 0) is 6.54 Å². The Morgan fingerprint density at radius 2 is 2.24 bits per heavy atom. The minimum absolute atomic E-state index is 0.0755. The lowest BCUT2D eigenvalue weighted by Crippen LogP contribution is -2.25. The van der Waals surface area contributed by atoms with Gasteiger partial charge in [-0.25, -0.2) is 0 Å². The lowest BCUT2D eigenvalue weighted by molar-refractivity contribution is 0.0790. The third-order valence-electron chi connectivity index (χ3n) is 2.84. The fraction of sp³-hybridized carbons (Fsp3) is 0.188. The Balaban J connectivity index is 2.11. The van der Waals surface area contributed by atoms with Gasteiger partial charge in [0.25, 0.3) is 5.91 Å². The summed E-state index contributed by atoms with van der Waals surface area (Å²) >= 11 is 7.35. The van der Waals surface area contributed by atoms with Gasteiger partial charge in [-0.1, -0.05) is 35.6 Å². The zero-order chi connectivity index (χ0) is 15.2. The summed E-state index contributed by atoms with van der Waals surface area (Å²) in [6.07, 6.45) is 0. The van der Waals surface area contributed by atoms with Crippen LogP contribution in [0.25, 0.3) is 0 Å². The number of hydrogen-bond donors (Lipinski definition) is 1. The molecule has 0 fully saturated rings. The fourth-order valence-electron chi connectivity index (χ4n) is 1.87. The van der Waals surface area contributed by atoms with Gasteiger partial charge in [0, 0.05) is 19.2 Å². The van der Waals surface area contributed by atoms with E-state index in [1.54, 1.807) is 18.0 Å². The molecule has 21 heavy (non-hydrogen) atoms. The third kappa shape index (κ3) is 4.08. The smallest absolute Gasteiger partial charge is 0.265 e. The molecule has 5 heteroatoms. The highest BCUT2D eigenvalue weighted by molar-refractivity contribution is 7.12. The van der Waals surface area contributed by atoms with E-state index in [0.717, 1.165) is 11.1 Å². The van der Waals surface area contributed by atoms with Crippen LogP contribution in [0.2, 0.25) is 5.02 Å². The first-order valence-electron chi connectivity index (χ1n) is 6.38. The van der Waals surface area contributed by atoms with Crippen LogP contribution in [0.3, 0.4) is 0 Å². The van der Waals surface area contributed by atoms with E-state index in [1.807, 2.05) is 29.6 Å². The van der Waals surface area contributed by atoms with Crippen LogP contribution < -0.4 is 5.73 Å². The van der Waals surface area contributed by atoms with E-state index in [9.17, 15) is 4.79 Å². The quantitative estimate of drug-likeness (QED) is 0.884. The number of rotatable bonds is 3. The van der Waals surface area contributed by atoms with Crippen molar-refractivity contribution in [3.63, 3.8) is 0 Å². The number of benzene rings is 1. The molecule has 0 aliphatic rings. The topological polar surface area (TPSA) is 46.3 Å². The maximum absolute atomic E-state index is 12.3. The highest BCUT2D eigenvalue weighted by atomic mass is 35.5. The molecule has 3 nitrogen and oxygen atoms in total. The Morgan fingerprint density at radius 1 is 1.43 bits per heavy atom. The summed E-state index contributed by atoms with van der Waals surface area (Å²) < 4.78 is 0. The van der Waals surface area contributed by atoms with Crippen molar-refractivity contribution in [2.45, 2.75) is 6.54 Å². The third-order valence-corrected chi connectivity index (χ3v) is 4.17. The normalized spacial score (nSPS) is 9.86. The molecule has 0 saturated heterocycles. The van der Waals surface area contributed by atoms with E-state index < -0.39 is 0 Å². The first kappa shape index (κ1) is 15.6. The molecule has 2 rings (SSSR count). The van der Waals surface area contributed by atoms with E-state index in [2.05, 4.69) is 11.8 Å². The van der Waals surface area contributed by atoms with Crippen molar-refractivity contribution in [2.75, 3.05) is 13.6 Å². The van der Waals surface area contributed by atoms with Gasteiger partial charge in [-0.3, -0.25) is 4.79 Å². The van der Waals surface area contributed by atoms with E-state index in [4.69, 9.17) is 17.3 Å². The van der Waals surface area contributed by atoms with Gasteiger partial charge in [0.2, 0.25) is 0 Å². The van der Waals surface area contributed by atoms with Crippen molar-refractivity contribution >= 4 is 28.8 Å². The van der Waals surface area contributed by atoms with Gasteiger partial charge < -0.3 is 10.6 Å². The predicted molar refractivity (Wildman–Crippen MR) is 87.5 cm³/mol. The molecule has 2 N–H and O–H groups in total. The van der Waals surface area contributed by atoms with Crippen LogP contribution in [0.5, 0.6) is 0 Å². The number of nitrogens with two attached hydrogens (primary N) is 1. The number of amides is 1. The molecule has 0 aliphatic heterocycles. The van der Waals surface area contributed by atoms with Crippen LogP contribution in [0, 0.1) is 11.8 Å². The van der Waals surface area contributed by atoms with Crippen LogP contribution >= 0.6 is 22.9 Å². The lowest BCUT2D eigenvalue weighted by Gasteiger charge is -2.16. The minimum Gasteiger partial charge on any atom is -0.337 e. The molecule has 0 atom stereocenters. The summed E-state index contributed by atoms with van der Waals surface area (Å²) in [6.45, 7) is 0.838. The molecule has 2 aromatic rings. The Labute approximate surface area is 133 Å². The average Bonchev–Trinajstić information content (AvgIpc) is 2.90. The largest absolute Gasteiger partial charge is 0.337 e. The minimum atomic E-state index is -0.0755. The van der Waals surface area contributed by atoms with E-state index >= 15 is 0 Å². The highest BCUT2D eigenvalue weighted by Crippen LogP contribution is 2.23. The monoisotopic (exact) mass is 318 g/mol. The first-order valence-corrected chi connectivity index (χ1v) is 7.64. The zero-order valence-corrected chi connectivity index (χ0v) is 13.2. The molecule has 1 aromatic heterocycles. The number of halogens is 1. The Bertz CT molecular complexity index is 700. The molecule has 0 bridgehead atoms. The van der Waals surface area contributed by atoms with Crippen molar-refractivity contribution in [3.8, 4) is 11.8 Å². The maximum atomic E-state index is 12.3. The molecule has 0 radical (unpaired) electrons. The fourth-order valence-corrected chi connectivity index (χ4v) is 3.00. The molecular weight excluding hydrogens is 304 g/mol. The maximum Gasteiger partial charge on any atom is 0.265 e. The van der Waals surface area contributed by atoms with Crippen LogP contribution in [0.1, 0.15) is 20.8 Å². The number of nitrogens with zero attached hydrogens (tertiary/aromatic N) is 1. The standard InChI is InChI=1S/C16H15ClN2OS/c1-19(16(20)15-14(17)7-9-21-15)11-13-5-2-4-12(10-13)6-3-8-18/h2,4-5,7,9-10H,8,11,18H2,1H3. The molecule has 1 aromatic carbocycles. The summed E-state index contributed by atoms with van der Waals surface area (Å²) in [7, 11) is 1.76. The van der Waals surface area contributed by atoms with Gasteiger partial charge in [-0.2, -0.15) is 0 Å². The average molecular weight is 319 g/mol. The summed E-state index contributed by atoms with van der Waals surface area (Å²) in [6, 6.07) is 9.50. The summed E-state index contributed by atoms with van der Waals surface area (Å²) in [4.78, 5) is 14.5. The first-order chi connectivity index (χ1) is 10.1. The van der Waals surface area contributed by atoms with Gasteiger partial charge in [-0.05, 0) is 29.1 Å². The molecule has 1 heterocycles. The molecular formula is C16H15ClN2OS. The van der Waals surface area contributed by atoms with Crippen molar-refractivity contribution in [2.24, 2.45) is 5.73 Å². The number of carbonyl (C=O) groups excluding carboxylic acids is 1. The van der Waals surface area contributed by atoms with Gasteiger partial charge in [0.15, 0.2) is 0 Å². The van der Waals surface area contributed by atoms with Crippen molar-refractivity contribution < 1.29 is 4.79 Å². The van der Waals surface area contributed by atoms with E-state index in [1.165, 1.54) is 11.3 Å². The Kier molecular flexibility index (Phi) is 5.40. The van der Waals surface area contributed by atoms with Crippen molar-refractivity contribution in [3.05, 3.63) is 56.7 Å². The molecule has 1 amide bonds. The van der Waals surface area contributed by atoms with Crippen molar-refractivity contribution in [1.82, 2.24) is 4.90 Å². The molecule has 0 aliphatic carbocycles. The van der Waals surface area contributed by atoms with E-state index in [0.29, 0.717) is 23.0 Å². The van der Waals surface area contributed by atoms with Gasteiger partial charge >= 0.3 is 0 Å². The van der Waals surface area contributed by atoms with Crippen LogP contribution in [0.4, 0.5) is 0 Å². The van der Waals surface area contributed by atoms with Crippen LogP contribution in [-0.4, -0.2) is 24.4 Å². The SMILES string of the molecule is CN(Cc1cccc(C#CCN)c1)C(=O)c1sccc1Cl. The summed E-state index contributed by atoms with van der Waals surface area (Å²) in [5.74, 6) is 5.73. The van der Waals surface area contributed by atoms with Crippen LogP contribution in [0.15, 0.2) is 35.7 Å². The Morgan fingerprint density at radius 3 is 2.90 bits per heavy atom. The van der Waals surface area contributed by atoms with Gasteiger partial charge in [0.05, 0.1) is 11.6 Å². The predicted octanol–water partition coefficient (Wildman–Crippen LogP) is 2.98. The second-order valence-electron chi connectivity index (χ2n) is 4.47. The summed E-state index contributed by atoms with van der Waals surface area (Å²) in [5.41, 5.74) is 7.28. The molecule has 0 unspecified atom stereocenters. The molecule has 108 valence electrons. The lowest BCUT2D eigenvalue weighted by atomic mass is 10.1. The number of hydrogen-bond acceptors (Lipinski definition) is 3. The number of carbonyl (C=O) groups is 1. The Hall–Kier alpha value is -1.80. The van der Waals surface area contributed by atoms with E-state index in [-0.39, 0.29) is 5.91 Å². The van der Waals surface area contributed by atoms with Gasteiger partial charge in [-0.15, -0.1) is 11.3 Å². The number of thiophene rings is 1. The highest BCUT2D eigenvalue weighted by Gasteiger charge is 2.16. The van der Waals surface area contributed by atoms with Gasteiger partial charge in [0.1, 0.15) is 4.88 Å². The molecule has 0 saturated carbocycles. The second kappa shape index (κ2) is 7.28. The zero-order valence-electron chi connectivity index (χ0n) is 11.6. The summed E-state index contributed by atoms with van der Waals surface area (Å²) in [5, 5.41) is 2.31. The second-order valence-corrected chi connectivity index (χ2v) is 5.79.